The molecule has 3 heterocycles. The van der Waals surface area contributed by atoms with Gasteiger partial charge in [-0.2, -0.15) is 0 Å². The Balaban J connectivity index is 1.70. The molecule has 0 aromatic heterocycles. The lowest BCUT2D eigenvalue weighted by molar-refractivity contribution is -0.144. The summed E-state index contributed by atoms with van der Waals surface area (Å²) in [5.41, 5.74) is 2.06. The Morgan fingerprint density at radius 3 is 2.92 bits per heavy atom. The highest BCUT2D eigenvalue weighted by Gasteiger charge is 2.39. The minimum Gasteiger partial charge on any atom is -0.492 e. The van der Waals surface area contributed by atoms with Gasteiger partial charge in [-0.05, 0) is 25.1 Å². The van der Waals surface area contributed by atoms with E-state index in [1.54, 1.807) is 7.11 Å². The third-order valence-corrected chi connectivity index (χ3v) is 5.27. The summed E-state index contributed by atoms with van der Waals surface area (Å²) >= 11 is 0. The molecule has 1 aromatic carbocycles. The number of carbonyl (C=O) groups excluding carboxylic acids is 2. The van der Waals surface area contributed by atoms with Crippen LogP contribution in [-0.2, 0) is 20.7 Å². The molecule has 0 aliphatic carbocycles. The smallest absolute Gasteiger partial charge is 0.316 e. The number of Topliss-reactive ketones (excluding diaryl/α,β-unsaturated/α-hetero) is 1. The Bertz CT molecular complexity index is 731. The minimum absolute atomic E-state index is 0.0769. The molecule has 25 heavy (non-hydrogen) atoms. The number of ketones is 1. The molecule has 1 saturated heterocycles. The van der Waals surface area contributed by atoms with Crippen LogP contribution in [0, 0.1) is 5.92 Å². The van der Waals surface area contributed by atoms with Gasteiger partial charge in [0.15, 0.2) is 11.5 Å². The van der Waals surface area contributed by atoms with Crippen molar-refractivity contribution in [3.63, 3.8) is 0 Å². The summed E-state index contributed by atoms with van der Waals surface area (Å²) in [6, 6.07) is 1.82. The number of fused-ring (bicyclic) bond motifs is 2. The van der Waals surface area contributed by atoms with Gasteiger partial charge < -0.3 is 18.9 Å². The minimum atomic E-state index is -0.640. The quantitative estimate of drug-likeness (QED) is 0.603. The molecule has 0 spiro atoms. The summed E-state index contributed by atoms with van der Waals surface area (Å²) in [4.78, 5) is 26.6. The van der Waals surface area contributed by atoms with Crippen LogP contribution in [-0.4, -0.2) is 50.8 Å². The zero-order chi connectivity index (χ0) is 17.6. The van der Waals surface area contributed by atoms with E-state index in [0.717, 1.165) is 24.1 Å². The average molecular weight is 347 g/mol. The van der Waals surface area contributed by atoms with E-state index >= 15 is 0 Å². The van der Waals surface area contributed by atoms with Crippen molar-refractivity contribution in [2.75, 3.05) is 34.1 Å². The van der Waals surface area contributed by atoms with E-state index in [-0.39, 0.29) is 25.0 Å². The van der Waals surface area contributed by atoms with Crippen molar-refractivity contribution in [2.24, 2.45) is 5.92 Å². The van der Waals surface area contributed by atoms with Crippen molar-refractivity contribution < 1.29 is 28.5 Å². The van der Waals surface area contributed by atoms with Crippen LogP contribution >= 0.6 is 0 Å². The maximum Gasteiger partial charge on any atom is 0.316 e. The summed E-state index contributed by atoms with van der Waals surface area (Å²) < 4.78 is 21.6. The zero-order valence-corrected chi connectivity index (χ0v) is 14.4. The molecule has 3 aliphatic rings. The largest absolute Gasteiger partial charge is 0.492 e. The molecule has 0 radical (unpaired) electrons. The van der Waals surface area contributed by atoms with Gasteiger partial charge in [0, 0.05) is 31.0 Å². The molecule has 1 aromatic rings. The highest BCUT2D eigenvalue weighted by molar-refractivity contribution is 6.00. The molecule has 0 amide bonds. The number of cyclic esters (lactones) is 1. The third-order valence-electron chi connectivity index (χ3n) is 5.27. The predicted molar refractivity (Wildman–Crippen MR) is 86.9 cm³/mol. The Morgan fingerprint density at radius 1 is 1.36 bits per heavy atom. The van der Waals surface area contributed by atoms with Gasteiger partial charge in [-0.25, -0.2) is 0 Å². The molecule has 1 fully saturated rings. The second-order valence-corrected chi connectivity index (χ2v) is 6.64. The summed E-state index contributed by atoms with van der Waals surface area (Å²) in [5, 5.41) is 0. The summed E-state index contributed by atoms with van der Waals surface area (Å²) in [6.07, 6.45) is 1.56. The van der Waals surface area contributed by atoms with E-state index in [4.69, 9.17) is 18.9 Å². The van der Waals surface area contributed by atoms with Crippen molar-refractivity contribution in [3.8, 4) is 17.2 Å². The molecular formula is C18H21NO6. The van der Waals surface area contributed by atoms with E-state index in [0.29, 0.717) is 30.3 Å². The van der Waals surface area contributed by atoms with Crippen LogP contribution in [0.15, 0.2) is 6.07 Å². The first-order chi connectivity index (χ1) is 12.1. The normalized spacial score (nSPS) is 24.8. The first-order valence-corrected chi connectivity index (χ1v) is 8.49. The molecule has 0 bridgehead atoms. The fourth-order valence-corrected chi connectivity index (χ4v) is 3.90. The number of likely N-dealkylation sites (N-methyl/N-ethyl adjacent to an activating group) is 1. The van der Waals surface area contributed by atoms with Crippen molar-refractivity contribution >= 4 is 11.8 Å². The van der Waals surface area contributed by atoms with E-state index in [1.165, 1.54) is 0 Å². The molecule has 3 aliphatic heterocycles. The maximum absolute atomic E-state index is 12.7. The molecule has 0 saturated carbocycles. The van der Waals surface area contributed by atoms with Crippen LogP contribution < -0.4 is 14.2 Å². The van der Waals surface area contributed by atoms with E-state index in [2.05, 4.69) is 4.90 Å². The summed E-state index contributed by atoms with van der Waals surface area (Å²) in [6.45, 7) is 1.32. The molecule has 134 valence electrons. The predicted octanol–water partition coefficient (Wildman–Crippen LogP) is 1.48. The summed E-state index contributed by atoms with van der Waals surface area (Å²) in [5.74, 6) is 0.786. The molecule has 4 rings (SSSR count). The molecule has 0 N–H and O–H groups in total. The number of benzene rings is 1. The number of ether oxygens (including phenoxy) is 4. The summed E-state index contributed by atoms with van der Waals surface area (Å²) in [7, 11) is 3.58. The van der Waals surface area contributed by atoms with Crippen molar-refractivity contribution in [3.05, 3.63) is 17.2 Å². The van der Waals surface area contributed by atoms with Crippen LogP contribution in [0.5, 0.6) is 17.2 Å². The van der Waals surface area contributed by atoms with Gasteiger partial charge in [0.25, 0.3) is 0 Å². The van der Waals surface area contributed by atoms with Gasteiger partial charge in [0.2, 0.25) is 12.5 Å². The SMILES string of the molecule is COc1c2c(cc3c1[C@@H](CC(=O)[C@@H]1CCOC1=O)N(C)CC3)OCO2. The first-order valence-electron chi connectivity index (χ1n) is 8.49. The second-order valence-electron chi connectivity index (χ2n) is 6.64. The van der Waals surface area contributed by atoms with Crippen LogP contribution in [0.4, 0.5) is 0 Å². The van der Waals surface area contributed by atoms with Crippen molar-refractivity contribution in [2.45, 2.75) is 25.3 Å². The Morgan fingerprint density at radius 2 is 2.20 bits per heavy atom. The third kappa shape index (κ3) is 2.63. The second kappa shape index (κ2) is 6.22. The zero-order valence-electron chi connectivity index (χ0n) is 14.4. The standard InChI is InChI=1S/C18H21NO6/c1-19-5-3-10-7-14-16(25-9-24-14)17(22-2)15(10)12(19)8-13(20)11-4-6-23-18(11)21/h7,11-12H,3-6,8-9H2,1-2H3/t11-,12+/m0/s1. The fraction of sp³-hybridized carbons (Fsp3) is 0.556. The number of rotatable bonds is 4. The van der Waals surface area contributed by atoms with Gasteiger partial charge >= 0.3 is 5.97 Å². The number of methoxy groups -OCH3 is 1. The van der Waals surface area contributed by atoms with Crippen molar-refractivity contribution in [1.29, 1.82) is 0 Å². The van der Waals surface area contributed by atoms with Crippen LogP contribution in [0.1, 0.15) is 30.0 Å². The van der Waals surface area contributed by atoms with E-state index < -0.39 is 11.9 Å². The van der Waals surface area contributed by atoms with Gasteiger partial charge in [-0.3, -0.25) is 14.5 Å². The maximum atomic E-state index is 12.7. The van der Waals surface area contributed by atoms with E-state index in [9.17, 15) is 9.59 Å². The highest BCUT2D eigenvalue weighted by Crippen LogP contribution is 2.50. The van der Waals surface area contributed by atoms with Gasteiger partial charge in [-0.15, -0.1) is 0 Å². The lowest BCUT2D eigenvalue weighted by atomic mass is 9.86. The Kier molecular flexibility index (Phi) is 4.03. The molecule has 7 nitrogen and oxygen atoms in total. The fourth-order valence-electron chi connectivity index (χ4n) is 3.90. The number of carbonyl (C=O) groups is 2. The molecule has 0 unspecified atom stereocenters. The van der Waals surface area contributed by atoms with Crippen LogP contribution in [0.2, 0.25) is 0 Å². The van der Waals surface area contributed by atoms with E-state index in [1.807, 2.05) is 13.1 Å². The first kappa shape index (κ1) is 16.2. The molecule has 7 heteroatoms. The van der Waals surface area contributed by atoms with Crippen molar-refractivity contribution in [1.82, 2.24) is 4.90 Å². The van der Waals surface area contributed by atoms with Crippen LogP contribution in [0.25, 0.3) is 0 Å². The number of esters is 1. The lowest BCUT2D eigenvalue weighted by Gasteiger charge is -2.35. The number of nitrogens with zero attached hydrogens (tertiary/aromatic N) is 1. The van der Waals surface area contributed by atoms with Gasteiger partial charge in [0.05, 0.1) is 13.7 Å². The average Bonchev–Trinajstić information content (AvgIpc) is 3.23. The van der Waals surface area contributed by atoms with Crippen LogP contribution in [0.3, 0.4) is 0 Å². The Hall–Kier alpha value is -2.28. The highest BCUT2D eigenvalue weighted by atomic mass is 16.7. The Labute approximate surface area is 145 Å². The molecule has 2 atom stereocenters. The number of hydrogen-bond acceptors (Lipinski definition) is 7. The topological polar surface area (TPSA) is 74.3 Å². The molecular weight excluding hydrogens is 326 g/mol. The van der Waals surface area contributed by atoms with Gasteiger partial charge in [-0.1, -0.05) is 0 Å². The monoisotopic (exact) mass is 347 g/mol. The number of hydrogen-bond donors (Lipinski definition) is 0. The van der Waals surface area contributed by atoms with Gasteiger partial charge in [0.1, 0.15) is 11.7 Å². The lowest BCUT2D eigenvalue weighted by Crippen LogP contribution is -2.35.